The lowest BCUT2D eigenvalue weighted by Gasteiger charge is -2.73. The summed E-state index contributed by atoms with van der Waals surface area (Å²) in [4.78, 5) is 0. The van der Waals surface area contributed by atoms with Crippen molar-refractivity contribution in [3.8, 4) is 0 Å². The summed E-state index contributed by atoms with van der Waals surface area (Å²) in [6.07, 6.45) is 7.49. The van der Waals surface area contributed by atoms with Crippen molar-refractivity contribution in [3.63, 3.8) is 0 Å². The summed E-state index contributed by atoms with van der Waals surface area (Å²) in [6, 6.07) is 0. The molecule has 16 heavy (non-hydrogen) atoms. The summed E-state index contributed by atoms with van der Waals surface area (Å²) in [5.74, 6) is 3.02. The minimum Gasteiger partial charge on any atom is -0.0622 e. The first-order valence-corrected chi connectivity index (χ1v) is 7.33. The van der Waals surface area contributed by atoms with E-state index in [0.29, 0.717) is 16.2 Å². The Kier molecular flexibility index (Phi) is 1.99. The fraction of sp³-hybridized carbons (Fsp3) is 1.00. The molecule has 4 saturated carbocycles. The van der Waals surface area contributed by atoms with Crippen LogP contribution in [0.3, 0.4) is 0 Å². The Balaban J connectivity index is 2.13. The van der Waals surface area contributed by atoms with E-state index >= 15 is 0 Å². The van der Waals surface area contributed by atoms with Crippen LogP contribution in [0.15, 0.2) is 0 Å². The van der Waals surface area contributed by atoms with Gasteiger partial charge in [-0.05, 0) is 66.1 Å². The Labute approximate surface area is 101 Å². The van der Waals surface area contributed by atoms with Gasteiger partial charge >= 0.3 is 0 Å². The van der Waals surface area contributed by atoms with E-state index in [0.717, 1.165) is 17.8 Å². The second-order valence-electron chi connectivity index (χ2n) is 8.07. The van der Waals surface area contributed by atoms with Crippen molar-refractivity contribution in [1.82, 2.24) is 0 Å². The van der Waals surface area contributed by atoms with E-state index in [-0.39, 0.29) is 0 Å². The highest BCUT2D eigenvalue weighted by Gasteiger charge is 2.67. The maximum atomic E-state index is 2.63. The highest BCUT2D eigenvalue weighted by atomic mass is 14.7. The van der Waals surface area contributed by atoms with Crippen molar-refractivity contribution in [2.45, 2.75) is 66.7 Å². The summed E-state index contributed by atoms with van der Waals surface area (Å²) in [6.45, 7) is 12.9. The second kappa shape index (κ2) is 2.87. The maximum absolute atomic E-state index is 2.63. The average Bonchev–Trinajstić information content (AvgIpc) is 2.22. The molecule has 4 bridgehead atoms. The van der Waals surface area contributed by atoms with Gasteiger partial charge in [-0.2, -0.15) is 0 Å². The molecular weight excluding hydrogens is 192 g/mol. The highest BCUT2D eigenvalue weighted by molar-refractivity contribution is 5.16. The predicted octanol–water partition coefficient (Wildman–Crippen LogP) is 4.89. The van der Waals surface area contributed by atoms with E-state index in [1.807, 2.05) is 0 Å². The molecule has 0 heterocycles. The monoisotopic (exact) mass is 220 g/mol. The topological polar surface area (TPSA) is 0 Å². The molecule has 0 N–H and O–H groups in total. The van der Waals surface area contributed by atoms with E-state index in [9.17, 15) is 0 Å². The van der Waals surface area contributed by atoms with Gasteiger partial charge in [-0.25, -0.2) is 0 Å². The molecule has 0 aromatic rings. The molecule has 4 fully saturated rings. The first-order valence-electron chi connectivity index (χ1n) is 7.33. The predicted molar refractivity (Wildman–Crippen MR) is 69.2 cm³/mol. The normalized spacial score (nSPS) is 58.7. The molecule has 5 atom stereocenters. The summed E-state index contributed by atoms with van der Waals surface area (Å²) >= 11 is 0. The SMILES string of the molecule is C[C@H]1CCC2(C)C(C)(C)C3CC[C@@]2(C)C1C3. The third-order valence-corrected chi connectivity index (χ3v) is 7.86. The van der Waals surface area contributed by atoms with Crippen molar-refractivity contribution in [3.05, 3.63) is 0 Å². The Bertz CT molecular complexity index is 316. The summed E-state index contributed by atoms with van der Waals surface area (Å²) in [5, 5.41) is 0. The van der Waals surface area contributed by atoms with Gasteiger partial charge in [-0.1, -0.05) is 34.6 Å². The zero-order valence-corrected chi connectivity index (χ0v) is 11.8. The highest BCUT2D eigenvalue weighted by Crippen LogP contribution is 2.75. The van der Waals surface area contributed by atoms with E-state index in [1.54, 1.807) is 0 Å². The number of hydrogen-bond donors (Lipinski definition) is 0. The van der Waals surface area contributed by atoms with Crippen LogP contribution in [-0.4, -0.2) is 0 Å². The zero-order valence-electron chi connectivity index (χ0n) is 11.8. The molecule has 3 unspecified atom stereocenters. The molecule has 0 saturated heterocycles. The van der Waals surface area contributed by atoms with Crippen LogP contribution in [0.2, 0.25) is 0 Å². The van der Waals surface area contributed by atoms with E-state index in [2.05, 4.69) is 34.6 Å². The quantitative estimate of drug-likeness (QED) is 0.545. The van der Waals surface area contributed by atoms with Crippen LogP contribution in [0.1, 0.15) is 66.7 Å². The molecule has 0 spiro atoms. The van der Waals surface area contributed by atoms with Crippen LogP contribution in [0.4, 0.5) is 0 Å². The van der Waals surface area contributed by atoms with Crippen LogP contribution in [0.25, 0.3) is 0 Å². The first kappa shape index (κ1) is 11.1. The first-order chi connectivity index (χ1) is 7.33. The van der Waals surface area contributed by atoms with Gasteiger partial charge in [0.1, 0.15) is 0 Å². The van der Waals surface area contributed by atoms with Gasteiger partial charge in [0.15, 0.2) is 0 Å². The van der Waals surface area contributed by atoms with Crippen LogP contribution in [0, 0.1) is 34.0 Å². The Morgan fingerprint density at radius 3 is 2.31 bits per heavy atom. The molecule has 0 aromatic carbocycles. The lowest BCUT2D eigenvalue weighted by atomic mass is 9.32. The van der Waals surface area contributed by atoms with Crippen molar-refractivity contribution < 1.29 is 0 Å². The fourth-order valence-electron chi connectivity index (χ4n) is 6.06. The van der Waals surface area contributed by atoms with Crippen molar-refractivity contribution in [2.75, 3.05) is 0 Å². The van der Waals surface area contributed by atoms with E-state index in [4.69, 9.17) is 0 Å². The van der Waals surface area contributed by atoms with Gasteiger partial charge in [0.2, 0.25) is 0 Å². The Morgan fingerprint density at radius 1 is 0.938 bits per heavy atom. The third-order valence-electron chi connectivity index (χ3n) is 7.86. The molecule has 4 aliphatic carbocycles. The third kappa shape index (κ3) is 0.946. The van der Waals surface area contributed by atoms with Crippen molar-refractivity contribution in [2.24, 2.45) is 34.0 Å². The van der Waals surface area contributed by atoms with Gasteiger partial charge in [-0.15, -0.1) is 0 Å². The molecule has 4 rings (SSSR count). The van der Waals surface area contributed by atoms with Crippen LogP contribution >= 0.6 is 0 Å². The molecule has 0 radical (unpaired) electrons. The van der Waals surface area contributed by atoms with Crippen molar-refractivity contribution in [1.29, 1.82) is 0 Å². The number of hydrogen-bond acceptors (Lipinski definition) is 0. The van der Waals surface area contributed by atoms with E-state index < -0.39 is 0 Å². The minimum atomic E-state index is 0.580. The van der Waals surface area contributed by atoms with Crippen LogP contribution < -0.4 is 0 Å². The molecule has 0 aliphatic heterocycles. The molecule has 0 aromatic heterocycles. The summed E-state index contributed by atoms with van der Waals surface area (Å²) in [5.41, 5.74) is 1.83. The zero-order chi connectivity index (χ0) is 11.8. The smallest absolute Gasteiger partial charge is 0.0215 e. The fourth-order valence-corrected chi connectivity index (χ4v) is 6.06. The number of fused-ring (bicyclic) bond motifs is 1. The molecule has 0 amide bonds. The average molecular weight is 220 g/mol. The molecule has 0 nitrogen and oxygen atoms in total. The lowest BCUT2D eigenvalue weighted by Crippen LogP contribution is -2.65. The molecular formula is C16H28. The molecule has 92 valence electrons. The molecule has 0 heteroatoms. The largest absolute Gasteiger partial charge is 0.0622 e. The van der Waals surface area contributed by atoms with E-state index in [1.165, 1.54) is 32.1 Å². The summed E-state index contributed by atoms with van der Waals surface area (Å²) in [7, 11) is 0. The minimum absolute atomic E-state index is 0.580. The Morgan fingerprint density at radius 2 is 1.62 bits per heavy atom. The van der Waals surface area contributed by atoms with Crippen LogP contribution in [-0.2, 0) is 0 Å². The van der Waals surface area contributed by atoms with Crippen LogP contribution in [0.5, 0.6) is 0 Å². The van der Waals surface area contributed by atoms with Gasteiger partial charge in [0, 0.05) is 0 Å². The summed E-state index contributed by atoms with van der Waals surface area (Å²) < 4.78 is 0. The second-order valence-corrected chi connectivity index (χ2v) is 8.07. The maximum Gasteiger partial charge on any atom is -0.0215 e. The lowest BCUT2D eigenvalue weighted by molar-refractivity contribution is -0.242. The molecule has 4 aliphatic rings. The van der Waals surface area contributed by atoms with Gasteiger partial charge in [-0.3, -0.25) is 0 Å². The van der Waals surface area contributed by atoms with Gasteiger partial charge in [0.25, 0.3) is 0 Å². The van der Waals surface area contributed by atoms with Gasteiger partial charge < -0.3 is 0 Å². The Hall–Kier alpha value is 0. The van der Waals surface area contributed by atoms with Gasteiger partial charge in [0.05, 0.1) is 0 Å². The van der Waals surface area contributed by atoms with Crippen molar-refractivity contribution >= 4 is 0 Å². The standard InChI is InChI=1S/C16H28/c1-11-6-9-16(5)14(2,3)12-7-8-15(16,4)13(11)10-12/h11-13H,6-10H2,1-5H3/t11-,12?,13?,15-,16?/m0/s1. The number of rotatable bonds is 0.